The zero-order chi connectivity index (χ0) is 15.1. The summed E-state index contributed by atoms with van der Waals surface area (Å²) in [6.07, 6.45) is 0. The highest BCUT2D eigenvalue weighted by Gasteiger charge is 2.18. The lowest BCUT2D eigenvalue weighted by atomic mass is 10.3. The molecule has 0 amide bonds. The zero-order valence-electron chi connectivity index (χ0n) is 12.9. The van der Waals surface area contributed by atoms with Crippen LogP contribution < -0.4 is 20.9 Å². The Balaban J connectivity index is 3.03. The molecule has 20 heavy (non-hydrogen) atoms. The van der Waals surface area contributed by atoms with Crippen LogP contribution in [-0.4, -0.2) is 59.7 Å². The Morgan fingerprint density at radius 2 is 1.95 bits per heavy atom. The molecule has 0 saturated carbocycles. The lowest BCUT2D eigenvalue weighted by molar-refractivity contribution is 0.311. The molecule has 0 aromatic carbocycles. The lowest BCUT2D eigenvalue weighted by Crippen LogP contribution is -2.41. The zero-order valence-corrected chi connectivity index (χ0v) is 12.9. The van der Waals surface area contributed by atoms with Crippen molar-refractivity contribution in [3.05, 3.63) is 0 Å². The van der Waals surface area contributed by atoms with E-state index in [1.54, 1.807) is 0 Å². The molecule has 3 N–H and O–H groups in total. The number of nitrogens with zero attached hydrogens (tertiary/aromatic N) is 5. The summed E-state index contributed by atoms with van der Waals surface area (Å²) >= 11 is 0. The third-order valence-corrected chi connectivity index (χ3v) is 2.76. The van der Waals surface area contributed by atoms with Crippen LogP contribution >= 0.6 is 0 Å². The smallest absolute Gasteiger partial charge is 0.323 e. The van der Waals surface area contributed by atoms with E-state index in [0.29, 0.717) is 18.5 Å². The molecule has 0 bridgehead atoms. The molecular weight excluding hydrogens is 258 g/mol. The number of nitrogen functional groups attached to an aromatic ring is 1. The Morgan fingerprint density at radius 1 is 1.25 bits per heavy atom. The van der Waals surface area contributed by atoms with Gasteiger partial charge in [0.1, 0.15) is 0 Å². The van der Waals surface area contributed by atoms with Crippen LogP contribution in [0.15, 0.2) is 0 Å². The van der Waals surface area contributed by atoms with Gasteiger partial charge in [-0.3, -0.25) is 5.43 Å². The number of likely N-dealkylation sites (N-methyl/N-ethyl adjacent to an activating group) is 2. The molecule has 8 nitrogen and oxygen atoms in total. The molecule has 0 fully saturated rings. The van der Waals surface area contributed by atoms with Gasteiger partial charge >= 0.3 is 6.01 Å². The first-order valence-electron chi connectivity index (χ1n) is 6.78. The predicted octanol–water partition coefficient (Wildman–Crippen LogP) is 0.332. The summed E-state index contributed by atoms with van der Waals surface area (Å²) in [5.74, 6) is 6.26. The number of ether oxygens (including phenoxy) is 1. The molecule has 1 atom stereocenters. The predicted molar refractivity (Wildman–Crippen MR) is 79.8 cm³/mol. The standard InChI is InChI=1S/C12H25N7O/c1-6-19(9(3)8-18(4)5)11-14-10(17-13)15-12(16-11)20-7-2/h9H,6-8,13H2,1-5H3,(H,14,15,16,17). The summed E-state index contributed by atoms with van der Waals surface area (Å²) < 4.78 is 5.35. The van der Waals surface area contributed by atoms with Crippen molar-refractivity contribution >= 4 is 11.9 Å². The van der Waals surface area contributed by atoms with Gasteiger partial charge in [-0.25, -0.2) is 5.84 Å². The highest BCUT2D eigenvalue weighted by Crippen LogP contribution is 2.17. The number of hydrazine groups is 1. The summed E-state index contributed by atoms with van der Waals surface area (Å²) in [5, 5.41) is 0. The average Bonchev–Trinajstić information content (AvgIpc) is 2.38. The van der Waals surface area contributed by atoms with Crippen molar-refractivity contribution in [1.82, 2.24) is 19.9 Å². The fraction of sp³-hybridized carbons (Fsp3) is 0.750. The van der Waals surface area contributed by atoms with Crippen molar-refractivity contribution in [3.8, 4) is 6.01 Å². The Kier molecular flexibility index (Phi) is 6.40. The molecule has 8 heteroatoms. The van der Waals surface area contributed by atoms with Crippen LogP contribution in [0.25, 0.3) is 0 Å². The van der Waals surface area contributed by atoms with Crippen molar-refractivity contribution in [1.29, 1.82) is 0 Å². The van der Waals surface area contributed by atoms with Crippen molar-refractivity contribution in [2.24, 2.45) is 5.84 Å². The van der Waals surface area contributed by atoms with Gasteiger partial charge in [0.25, 0.3) is 0 Å². The van der Waals surface area contributed by atoms with Gasteiger partial charge in [0, 0.05) is 19.1 Å². The Labute approximate surface area is 120 Å². The van der Waals surface area contributed by atoms with Crippen molar-refractivity contribution in [2.75, 3.05) is 44.1 Å². The topological polar surface area (TPSA) is 92.4 Å². The molecule has 1 aromatic heterocycles. The van der Waals surface area contributed by atoms with Gasteiger partial charge in [0.05, 0.1) is 6.61 Å². The Morgan fingerprint density at radius 3 is 2.45 bits per heavy atom. The molecule has 1 aromatic rings. The van der Waals surface area contributed by atoms with Crippen molar-refractivity contribution in [3.63, 3.8) is 0 Å². The summed E-state index contributed by atoms with van der Waals surface area (Å²) in [6, 6.07) is 0.540. The monoisotopic (exact) mass is 283 g/mol. The fourth-order valence-electron chi connectivity index (χ4n) is 2.01. The third kappa shape index (κ3) is 4.46. The molecular formula is C12H25N7O. The number of hydrogen-bond donors (Lipinski definition) is 2. The van der Waals surface area contributed by atoms with Crippen LogP contribution in [0, 0.1) is 0 Å². The summed E-state index contributed by atoms with van der Waals surface area (Å²) in [7, 11) is 4.08. The van der Waals surface area contributed by atoms with Crippen LogP contribution in [0.5, 0.6) is 6.01 Å². The first kappa shape index (κ1) is 16.4. The number of anilines is 2. The molecule has 1 unspecified atom stereocenters. The van der Waals surface area contributed by atoms with E-state index < -0.39 is 0 Å². The number of rotatable bonds is 8. The minimum atomic E-state index is 0.262. The van der Waals surface area contributed by atoms with Gasteiger partial charge in [-0.05, 0) is 34.9 Å². The molecule has 0 aliphatic carbocycles. The largest absolute Gasteiger partial charge is 0.464 e. The Hall–Kier alpha value is -1.67. The fourth-order valence-corrected chi connectivity index (χ4v) is 2.01. The molecule has 0 spiro atoms. The molecule has 114 valence electrons. The second-order valence-electron chi connectivity index (χ2n) is 4.72. The number of nitrogens with two attached hydrogens (primary N) is 1. The van der Waals surface area contributed by atoms with Gasteiger partial charge in [-0.15, -0.1) is 0 Å². The highest BCUT2D eigenvalue weighted by molar-refractivity contribution is 5.38. The lowest BCUT2D eigenvalue weighted by Gasteiger charge is -2.30. The van der Waals surface area contributed by atoms with Crippen LogP contribution in [0.1, 0.15) is 20.8 Å². The average molecular weight is 283 g/mol. The summed E-state index contributed by atoms with van der Waals surface area (Å²) in [6.45, 7) is 8.25. The molecule has 0 aliphatic heterocycles. The van der Waals surface area contributed by atoms with E-state index in [1.807, 2.05) is 21.0 Å². The van der Waals surface area contributed by atoms with E-state index in [4.69, 9.17) is 10.6 Å². The van der Waals surface area contributed by atoms with Gasteiger partial charge in [-0.1, -0.05) is 0 Å². The SMILES string of the molecule is CCOc1nc(NN)nc(N(CC)C(C)CN(C)C)n1. The second-order valence-corrected chi connectivity index (χ2v) is 4.72. The molecule has 0 aliphatic rings. The highest BCUT2D eigenvalue weighted by atomic mass is 16.5. The maximum absolute atomic E-state index is 5.40. The van der Waals surface area contributed by atoms with E-state index >= 15 is 0 Å². The van der Waals surface area contributed by atoms with Gasteiger partial charge in [0.15, 0.2) is 0 Å². The van der Waals surface area contributed by atoms with E-state index in [2.05, 4.69) is 44.0 Å². The summed E-state index contributed by atoms with van der Waals surface area (Å²) in [5.41, 5.74) is 2.45. The number of hydrogen-bond acceptors (Lipinski definition) is 8. The maximum Gasteiger partial charge on any atom is 0.323 e. The second kappa shape index (κ2) is 7.81. The van der Waals surface area contributed by atoms with Gasteiger partial charge in [-0.2, -0.15) is 15.0 Å². The van der Waals surface area contributed by atoms with E-state index in [9.17, 15) is 0 Å². The van der Waals surface area contributed by atoms with E-state index in [0.717, 1.165) is 13.1 Å². The number of nitrogens with one attached hydrogen (secondary N) is 1. The minimum absolute atomic E-state index is 0.262. The summed E-state index contributed by atoms with van der Waals surface area (Å²) in [4.78, 5) is 16.9. The Bertz CT molecular complexity index is 413. The molecule has 1 heterocycles. The molecule has 0 saturated heterocycles. The maximum atomic E-state index is 5.40. The minimum Gasteiger partial charge on any atom is -0.464 e. The van der Waals surface area contributed by atoms with Crippen molar-refractivity contribution in [2.45, 2.75) is 26.8 Å². The van der Waals surface area contributed by atoms with Gasteiger partial charge < -0.3 is 14.5 Å². The van der Waals surface area contributed by atoms with E-state index in [1.165, 1.54) is 0 Å². The van der Waals surface area contributed by atoms with Gasteiger partial charge in [0.2, 0.25) is 11.9 Å². The normalized spacial score (nSPS) is 12.3. The quantitative estimate of drug-likeness (QED) is 0.521. The van der Waals surface area contributed by atoms with Crippen LogP contribution in [0.4, 0.5) is 11.9 Å². The third-order valence-electron chi connectivity index (χ3n) is 2.76. The van der Waals surface area contributed by atoms with Crippen LogP contribution in [0.3, 0.4) is 0 Å². The van der Waals surface area contributed by atoms with E-state index in [-0.39, 0.29) is 12.1 Å². The molecule has 0 radical (unpaired) electrons. The van der Waals surface area contributed by atoms with Crippen LogP contribution in [0.2, 0.25) is 0 Å². The first-order valence-corrected chi connectivity index (χ1v) is 6.78. The van der Waals surface area contributed by atoms with Crippen LogP contribution in [-0.2, 0) is 0 Å². The number of aromatic nitrogens is 3. The van der Waals surface area contributed by atoms with Crippen molar-refractivity contribution < 1.29 is 4.74 Å². The first-order chi connectivity index (χ1) is 9.51. The molecule has 1 rings (SSSR count).